The average molecular weight is 292 g/mol. The van der Waals surface area contributed by atoms with Crippen LogP contribution < -0.4 is 10.1 Å². The van der Waals surface area contributed by atoms with Gasteiger partial charge in [-0.3, -0.25) is 4.79 Å². The molecule has 0 aliphatic carbocycles. The van der Waals surface area contributed by atoms with Gasteiger partial charge in [0.05, 0.1) is 18.4 Å². The van der Waals surface area contributed by atoms with Gasteiger partial charge in [0.15, 0.2) is 0 Å². The van der Waals surface area contributed by atoms with Crippen LogP contribution in [-0.4, -0.2) is 29.1 Å². The Morgan fingerprint density at radius 3 is 2.62 bits per heavy atom. The predicted octanol–water partition coefficient (Wildman–Crippen LogP) is 2.42. The number of carbonyl (C=O) groups is 2. The number of hydrogen-bond donors (Lipinski definition) is 3. The van der Waals surface area contributed by atoms with Crippen LogP contribution in [-0.2, 0) is 0 Å². The summed E-state index contributed by atoms with van der Waals surface area (Å²) in [5.74, 6) is -2.42. The molecule has 1 aromatic carbocycles. The zero-order valence-corrected chi connectivity index (χ0v) is 11.4. The van der Waals surface area contributed by atoms with Crippen LogP contribution in [0.25, 0.3) is 0 Å². The highest BCUT2D eigenvalue weighted by Gasteiger charge is 2.18. The van der Waals surface area contributed by atoms with E-state index >= 15 is 0 Å². The molecule has 1 heterocycles. The Bertz CT molecular complexity index is 709. The summed E-state index contributed by atoms with van der Waals surface area (Å²) in [6.45, 7) is 1.65. The minimum absolute atomic E-state index is 0.0835. The molecule has 0 saturated heterocycles. The first-order valence-electron chi connectivity index (χ1n) is 6.00. The number of aromatic nitrogens is 1. The quantitative estimate of drug-likeness (QED) is 0.807. The van der Waals surface area contributed by atoms with Crippen LogP contribution in [0.5, 0.6) is 5.75 Å². The smallest absolute Gasteiger partial charge is 0.354 e. The van der Waals surface area contributed by atoms with Gasteiger partial charge in [0.1, 0.15) is 17.3 Å². The van der Waals surface area contributed by atoms with Crippen LogP contribution in [0.3, 0.4) is 0 Å². The lowest BCUT2D eigenvalue weighted by atomic mass is 10.2. The Morgan fingerprint density at radius 1 is 1.33 bits per heavy atom. The molecule has 0 saturated carbocycles. The van der Waals surface area contributed by atoms with E-state index in [2.05, 4.69) is 10.3 Å². The van der Waals surface area contributed by atoms with Gasteiger partial charge in [-0.25, -0.2) is 9.18 Å². The molecule has 1 amide bonds. The first-order valence-corrected chi connectivity index (χ1v) is 6.00. The molecule has 1 aromatic heterocycles. The summed E-state index contributed by atoms with van der Waals surface area (Å²) in [5, 5.41) is 11.4. The number of carboxylic acids is 1. The number of methoxy groups -OCH3 is 1. The largest absolute Gasteiger partial charge is 0.497 e. The fraction of sp³-hybridized carbons (Fsp3) is 0.143. The van der Waals surface area contributed by atoms with Gasteiger partial charge in [-0.2, -0.15) is 0 Å². The molecule has 2 aromatic rings. The van der Waals surface area contributed by atoms with Crippen LogP contribution in [0.1, 0.15) is 26.5 Å². The molecular formula is C14H13FN2O4. The maximum Gasteiger partial charge on any atom is 0.354 e. The normalized spacial score (nSPS) is 10.2. The highest BCUT2D eigenvalue weighted by atomic mass is 19.1. The molecule has 21 heavy (non-hydrogen) atoms. The van der Waals surface area contributed by atoms with Crippen LogP contribution >= 0.6 is 0 Å². The van der Waals surface area contributed by atoms with Gasteiger partial charge in [-0.1, -0.05) is 0 Å². The molecule has 3 N–H and O–H groups in total. The van der Waals surface area contributed by atoms with E-state index in [0.29, 0.717) is 5.69 Å². The van der Waals surface area contributed by atoms with Crippen molar-refractivity contribution in [2.45, 2.75) is 6.92 Å². The van der Waals surface area contributed by atoms with E-state index < -0.39 is 17.7 Å². The molecule has 0 unspecified atom stereocenters. The first-order chi connectivity index (χ1) is 9.92. The molecule has 0 radical (unpaired) electrons. The van der Waals surface area contributed by atoms with Crippen molar-refractivity contribution in [3.05, 3.63) is 47.0 Å². The number of carbonyl (C=O) groups excluding carboxylic acids is 1. The molecular weight excluding hydrogens is 279 g/mol. The van der Waals surface area contributed by atoms with Crippen molar-refractivity contribution in [3.8, 4) is 5.75 Å². The van der Waals surface area contributed by atoms with Crippen molar-refractivity contribution < 1.29 is 23.8 Å². The SMILES string of the molecule is COc1ccc(C(=O)Nc2cc(C)[nH]c2C(=O)O)c(F)c1. The molecule has 0 bridgehead atoms. The number of H-pyrrole nitrogens is 1. The fourth-order valence-electron chi connectivity index (χ4n) is 1.85. The van der Waals surface area contributed by atoms with E-state index in [9.17, 15) is 14.0 Å². The van der Waals surface area contributed by atoms with E-state index in [1.54, 1.807) is 6.92 Å². The number of aryl methyl sites for hydroxylation is 1. The third kappa shape index (κ3) is 3.02. The summed E-state index contributed by atoms with van der Waals surface area (Å²) in [7, 11) is 1.39. The summed E-state index contributed by atoms with van der Waals surface area (Å²) in [4.78, 5) is 25.7. The number of amides is 1. The topological polar surface area (TPSA) is 91.4 Å². The van der Waals surface area contributed by atoms with Crippen LogP contribution in [0.2, 0.25) is 0 Å². The number of ether oxygens (including phenoxy) is 1. The number of aromatic carboxylic acids is 1. The standard InChI is InChI=1S/C14H13FN2O4/c1-7-5-11(12(16-7)14(19)20)17-13(18)9-4-3-8(21-2)6-10(9)15/h3-6,16H,1-2H3,(H,17,18)(H,19,20). The van der Waals surface area contributed by atoms with Gasteiger partial charge in [0, 0.05) is 11.8 Å². The Morgan fingerprint density at radius 2 is 2.05 bits per heavy atom. The molecule has 7 heteroatoms. The molecule has 2 rings (SSSR count). The lowest BCUT2D eigenvalue weighted by Crippen LogP contribution is -2.15. The minimum Gasteiger partial charge on any atom is -0.497 e. The average Bonchev–Trinajstić information content (AvgIpc) is 2.79. The van der Waals surface area contributed by atoms with Crippen LogP contribution in [0.4, 0.5) is 10.1 Å². The fourth-order valence-corrected chi connectivity index (χ4v) is 1.85. The number of anilines is 1. The number of benzene rings is 1. The van der Waals surface area contributed by atoms with Crippen molar-refractivity contribution in [1.82, 2.24) is 4.98 Å². The van der Waals surface area contributed by atoms with Gasteiger partial charge < -0.3 is 20.1 Å². The van der Waals surface area contributed by atoms with E-state index in [4.69, 9.17) is 9.84 Å². The second-order valence-electron chi connectivity index (χ2n) is 4.35. The third-order valence-electron chi connectivity index (χ3n) is 2.84. The van der Waals surface area contributed by atoms with E-state index in [0.717, 1.165) is 6.07 Å². The Kier molecular flexibility index (Phi) is 3.93. The highest BCUT2D eigenvalue weighted by Crippen LogP contribution is 2.20. The van der Waals surface area contributed by atoms with Gasteiger partial charge in [0.25, 0.3) is 5.91 Å². The van der Waals surface area contributed by atoms with E-state index in [1.165, 1.54) is 25.3 Å². The number of aromatic amines is 1. The third-order valence-corrected chi connectivity index (χ3v) is 2.84. The number of halogens is 1. The maximum absolute atomic E-state index is 13.8. The van der Waals surface area contributed by atoms with Crippen molar-refractivity contribution in [2.75, 3.05) is 12.4 Å². The van der Waals surface area contributed by atoms with Gasteiger partial charge in [0.2, 0.25) is 0 Å². The second-order valence-corrected chi connectivity index (χ2v) is 4.35. The van der Waals surface area contributed by atoms with Crippen molar-refractivity contribution in [2.24, 2.45) is 0 Å². The van der Waals surface area contributed by atoms with Gasteiger partial charge in [-0.15, -0.1) is 0 Å². The van der Waals surface area contributed by atoms with Gasteiger partial charge in [-0.05, 0) is 25.1 Å². The number of nitrogens with one attached hydrogen (secondary N) is 2. The molecule has 6 nitrogen and oxygen atoms in total. The summed E-state index contributed by atoms with van der Waals surface area (Å²) in [6.07, 6.45) is 0. The highest BCUT2D eigenvalue weighted by molar-refractivity contribution is 6.07. The monoisotopic (exact) mass is 292 g/mol. The van der Waals surface area contributed by atoms with Crippen LogP contribution in [0, 0.1) is 12.7 Å². The van der Waals surface area contributed by atoms with Crippen molar-refractivity contribution >= 4 is 17.6 Å². The van der Waals surface area contributed by atoms with Crippen molar-refractivity contribution in [1.29, 1.82) is 0 Å². The lowest BCUT2D eigenvalue weighted by molar-refractivity contribution is 0.0692. The lowest BCUT2D eigenvalue weighted by Gasteiger charge is -2.07. The molecule has 0 aliphatic heterocycles. The van der Waals surface area contributed by atoms with Gasteiger partial charge >= 0.3 is 5.97 Å². The number of hydrogen-bond acceptors (Lipinski definition) is 3. The molecule has 110 valence electrons. The number of rotatable bonds is 4. The van der Waals surface area contributed by atoms with E-state index in [-0.39, 0.29) is 22.7 Å². The second kappa shape index (κ2) is 5.66. The first kappa shape index (κ1) is 14.6. The van der Waals surface area contributed by atoms with Crippen molar-refractivity contribution in [3.63, 3.8) is 0 Å². The summed E-state index contributed by atoms with van der Waals surface area (Å²) in [5.41, 5.74) is 0.291. The van der Waals surface area contributed by atoms with Crippen LogP contribution in [0.15, 0.2) is 24.3 Å². The molecule has 0 fully saturated rings. The predicted molar refractivity (Wildman–Crippen MR) is 73.4 cm³/mol. The Balaban J connectivity index is 2.28. The summed E-state index contributed by atoms with van der Waals surface area (Å²) in [6, 6.07) is 5.25. The Labute approximate surface area is 119 Å². The van der Waals surface area contributed by atoms with E-state index in [1.807, 2.05) is 0 Å². The minimum atomic E-state index is -1.21. The molecule has 0 aliphatic rings. The maximum atomic E-state index is 13.8. The molecule has 0 atom stereocenters. The molecule has 0 spiro atoms. The number of carboxylic acid groups (broad SMARTS) is 1. The summed E-state index contributed by atoms with van der Waals surface area (Å²) >= 11 is 0. The zero-order chi connectivity index (χ0) is 15.6. The Hall–Kier alpha value is -2.83. The zero-order valence-electron chi connectivity index (χ0n) is 11.4. The summed E-state index contributed by atoms with van der Waals surface area (Å²) < 4.78 is 18.6.